The van der Waals surface area contributed by atoms with Gasteiger partial charge >= 0.3 is 5.97 Å². The Hall–Kier alpha value is -4.56. The molecule has 2 heterocycles. The number of methoxy groups -OCH3 is 2. The van der Waals surface area contributed by atoms with Gasteiger partial charge in [-0.15, -0.1) is 21.5 Å². The second-order valence-corrected chi connectivity index (χ2v) is 12.4. The quantitative estimate of drug-likeness (QED) is 0.130. The van der Waals surface area contributed by atoms with E-state index in [-0.39, 0.29) is 30.7 Å². The summed E-state index contributed by atoms with van der Waals surface area (Å²) < 4.78 is 23.3. The molecule has 0 unspecified atom stereocenters. The highest BCUT2D eigenvalue weighted by Gasteiger charge is 2.27. The number of nitrogens with zero attached hydrogens (tertiary/aromatic N) is 3. The summed E-state index contributed by atoms with van der Waals surface area (Å²) in [5, 5.41) is 15.5. The monoisotopic (exact) mass is 679 g/mol. The Morgan fingerprint density at radius 2 is 1.72 bits per heavy atom. The first kappa shape index (κ1) is 33.8. The van der Waals surface area contributed by atoms with E-state index in [9.17, 15) is 14.4 Å². The molecule has 2 amide bonds. The standard InChI is InChI=1S/C33H37N5O7S2/c1-5-44-22-14-12-21(13-15-22)38-27(18-34-30(40)20-11-16-24(42-3)25(17-20)43-4)36-37-33(38)46-19-28(39)35-31-29(32(41)45-6-2)23-9-7-8-10-26(23)47-31/h11-17H,5-10,18-19H2,1-4H3,(H,34,40)(H,35,39). The summed E-state index contributed by atoms with van der Waals surface area (Å²) >= 11 is 2.64. The van der Waals surface area contributed by atoms with Crippen molar-refractivity contribution in [3.63, 3.8) is 0 Å². The minimum absolute atomic E-state index is 0.0119. The first-order chi connectivity index (χ1) is 22.9. The number of thioether (sulfide) groups is 1. The number of rotatable bonds is 14. The lowest BCUT2D eigenvalue weighted by Gasteiger charge is -2.13. The molecule has 1 aliphatic rings. The van der Waals surface area contributed by atoms with Crippen LogP contribution >= 0.6 is 23.1 Å². The van der Waals surface area contributed by atoms with Crippen LogP contribution < -0.4 is 24.8 Å². The van der Waals surface area contributed by atoms with Gasteiger partial charge < -0.3 is 29.6 Å². The van der Waals surface area contributed by atoms with E-state index in [2.05, 4.69) is 20.8 Å². The molecular weight excluding hydrogens is 643 g/mol. The van der Waals surface area contributed by atoms with Gasteiger partial charge in [-0.3, -0.25) is 14.2 Å². The van der Waals surface area contributed by atoms with E-state index in [4.69, 9.17) is 18.9 Å². The molecule has 0 fully saturated rings. The van der Waals surface area contributed by atoms with Crippen molar-refractivity contribution >= 4 is 45.9 Å². The third-order valence-electron chi connectivity index (χ3n) is 7.40. The van der Waals surface area contributed by atoms with Crippen LogP contribution in [-0.4, -0.2) is 65.7 Å². The number of aromatic nitrogens is 3. The van der Waals surface area contributed by atoms with Crippen molar-refractivity contribution in [2.75, 3.05) is 38.5 Å². The molecule has 12 nitrogen and oxygen atoms in total. The SMILES string of the molecule is CCOC(=O)c1c(NC(=O)CSc2nnc(CNC(=O)c3ccc(OC)c(OC)c3)n2-c2ccc(OCC)cc2)sc2c1CCCC2. The second-order valence-electron chi connectivity index (χ2n) is 10.4. The molecule has 248 valence electrons. The Morgan fingerprint density at radius 1 is 0.957 bits per heavy atom. The number of aryl methyl sites for hydroxylation is 1. The largest absolute Gasteiger partial charge is 0.494 e. The predicted molar refractivity (Wildman–Crippen MR) is 180 cm³/mol. The van der Waals surface area contributed by atoms with E-state index in [0.717, 1.165) is 41.8 Å². The van der Waals surface area contributed by atoms with Crippen molar-refractivity contribution in [1.29, 1.82) is 0 Å². The maximum Gasteiger partial charge on any atom is 0.341 e. The average molecular weight is 680 g/mol. The maximum atomic E-state index is 13.2. The summed E-state index contributed by atoms with van der Waals surface area (Å²) in [5.41, 5.74) is 2.57. The van der Waals surface area contributed by atoms with Crippen LogP contribution in [0.4, 0.5) is 5.00 Å². The molecule has 0 aliphatic heterocycles. The lowest BCUT2D eigenvalue weighted by atomic mass is 9.95. The van der Waals surface area contributed by atoms with Crippen LogP contribution in [0.3, 0.4) is 0 Å². The third-order valence-corrected chi connectivity index (χ3v) is 9.53. The summed E-state index contributed by atoms with van der Waals surface area (Å²) in [7, 11) is 3.03. The number of hydrogen-bond donors (Lipinski definition) is 2. The first-order valence-electron chi connectivity index (χ1n) is 15.3. The van der Waals surface area contributed by atoms with Crippen molar-refractivity contribution in [1.82, 2.24) is 20.1 Å². The molecule has 0 bridgehead atoms. The number of anilines is 1. The normalized spacial score (nSPS) is 12.2. The fourth-order valence-corrected chi connectivity index (χ4v) is 7.29. The number of carbonyl (C=O) groups is 3. The summed E-state index contributed by atoms with van der Waals surface area (Å²) in [6, 6.07) is 12.3. The van der Waals surface area contributed by atoms with Crippen LogP contribution in [0.2, 0.25) is 0 Å². The van der Waals surface area contributed by atoms with E-state index in [1.54, 1.807) is 29.7 Å². The minimum Gasteiger partial charge on any atom is -0.494 e. The number of thiophene rings is 1. The van der Waals surface area contributed by atoms with E-state index in [1.165, 1.54) is 37.3 Å². The van der Waals surface area contributed by atoms with Crippen LogP contribution in [0.1, 0.15) is 63.7 Å². The first-order valence-corrected chi connectivity index (χ1v) is 17.1. The molecule has 0 radical (unpaired) electrons. The van der Waals surface area contributed by atoms with Crippen molar-refractivity contribution < 1.29 is 33.3 Å². The van der Waals surface area contributed by atoms with Crippen LogP contribution in [0.25, 0.3) is 5.69 Å². The van der Waals surface area contributed by atoms with Gasteiger partial charge in [0.25, 0.3) is 5.91 Å². The highest BCUT2D eigenvalue weighted by molar-refractivity contribution is 7.99. The number of nitrogens with one attached hydrogen (secondary N) is 2. The molecule has 2 N–H and O–H groups in total. The Labute approximate surface area is 281 Å². The van der Waals surface area contributed by atoms with E-state index in [1.807, 2.05) is 31.2 Å². The lowest BCUT2D eigenvalue weighted by molar-refractivity contribution is -0.113. The second kappa shape index (κ2) is 15.8. The third kappa shape index (κ3) is 7.88. The Balaban J connectivity index is 1.34. The summed E-state index contributed by atoms with van der Waals surface area (Å²) in [5.74, 6) is 1.09. The molecule has 4 aromatic rings. The zero-order valence-corrected chi connectivity index (χ0v) is 28.3. The lowest BCUT2D eigenvalue weighted by Crippen LogP contribution is -2.24. The van der Waals surface area contributed by atoms with Gasteiger partial charge in [-0.25, -0.2) is 4.79 Å². The average Bonchev–Trinajstić information content (AvgIpc) is 3.67. The van der Waals surface area contributed by atoms with Crippen molar-refractivity contribution in [3.8, 4) is 22.9 Å². The molecule has 5 rings (SSSR count). The zero-order chi connectivity index (χ0) is 33.3. The number of hydrogen-bond acceptors (Lipinski definition) is 11. The van der Waals surface area contributed by atoms with Crippen molar-refractivity contribution in [2.45, 2.75) is 51.2 Å². The van der Waals surface area contributed by atoms with Crippen LogP contribution in [0.5, 0.6) is 17.2 Å². The molecule has 0 saturated heterocycles. The van der Waals surface area contributed by atoms with Gasteiger partial charge in [-0.1, -0.05) is 11.8 Å². The predicted octanol–water partition coefficient (Wildman–Crippen LogP) is 5.46. The van der Waals surface area contributed by atoms with Gasteiger partial charge in [-0.2, -0.15) is 0 Å². The number of benzene rings is 2. The van der Waals surface area contributed by atoms with Gasteiger partial charge in [0, 0.05) is 16.1 Å². The van der Waals surface area contributed by atoms with Crippen molar-refractivity contribution in [3.05, 3.63) is 69.9 Å². The number of carbonyl (C=O) groups excluding carboxylic acids is 3. The molecule has 2 aromatic carbocycles. The Kier molecular flexibility index (Phi) is 11.4. The smallest absolute Gasteiger partial charge is 0.341 e. The molecule has 14 heteroatoms. The van der Waals surface area contributed by atoms with Crippen molar-refractivity contribution in [2.24, 2.45) is 0 Å². The van der Waals surface area contributed by atoms with Gasteiger partial charge in [0.15, 0.2) is 22.5 Å². The number of fused-ring (bicyclic) bond motifs is 1. The highest BCUT2D eigenvalue weighted by atomic mass is 32.2. The molecule has 1 aliphatic carbocycles. The molecule has 0 atom stereocenters. The molecule has 2 aromatic heterocycles. The summed E-state index contributed by atoms with van der Waals surface area (Å²) in [6.07, 6.45) is 3.73. The number of ether oxygens (including phenoxy) is 4. The van der Waals surface area contributed by atoms with Gasteiger partial charge in [0.05, 0.1) is 45.3 Å². The summed E-state index contributed by atoms with van der Waals surface area (Å²) in [6.45, 7) is 4.52. The minimum atomic E-state index is -0.412. The molecular formula is C33H37N5O7S2. The van der Waals surface area contributed by atoms with Crippen LogP contribution in [0, 0.1) is 0 Å². The molecule has 47 heavy (non-hydrogen) atoms. The van der Waals surface area contributed by atoms with E-state index < -0.39 is 5.97 Å². The summed E-state index contributed by atoms with van der Waals surface area (Å²) in [4.78, 5) is 40.3. The van der Waals surface area contributed by atoms with Gasteiger partial charge in [0.1, 0.15) is 10.8 Å². The van der Waals surface area contributed by atoms with Crippen LogP contribution in [0.15, 0.2) is 47.6 Å². The van der Waals surface area contributed by atoms with Gasteiger partial charge in [-0.05, 0) is 87.6 Å². The highest BCUT2D eigenvalue weighted by Crippen LogP contribution is 2.39. The number of amides is 2. The number of esters is 1. The molecule has 0 saturated carbocycles. The Bertz CT molecular complexity index is 1740. The van der Waals surface area contributed by atoms with E-state index in [0.29, 0.717) is 51.0 Å². The maximum absolute atomic E-state index is 13.2. The zero-order valence-electron chi connectivity index (χ0n) is 26.7. The van der Waals surface area contributed by atoms with Gasteiger partial charge in [0.2, 0.25) is 5.91 Å². The van der Waals surface area contributed by atoms with E-state index >= 15 is 0 Å². The molecule has 0 spiro atoms. The Morgan fingerprint density at radius 3 is 2.45 bits per heavy atom. The van der Waals surface area contributed by atoms with Crippen LogP contribution in [-0.2, 0) is 28.9 Å². The fourth-order valence-electron chi connectivity index (χ4n) is 5.23. The fraction of sp³-hybridized carbons (Fsp3) is 0.364. The topological polar surface area (TPSA) is 143 Å².